The fourth-order valence-corrected chi connectivity index (χ4v) is 2.50. The van der Waals surface area contributed by atoms with Gasteiger partial charge in [-0.25, -0.2) is 4.98 Å². The van der Waals surface area contributed by atoms with E-state index in [-0.39, 0.29) is 5.91 Å². The molecule has 0 radical (unpaired) electrons. The van der Waals surface area contributed by atoms with Gasteiger partial charge < -0.3 is 15.6 Å². The van der Waals surface area contributed by atoms with Gasteiger partial charge in [0.2, 0.25) is 5.91 Å². The Morgan fingerprint density at radius 1 is 1.48 bits per heavy atom. The van der Waals surface area contributed by atoms with E-state index >= 15 is 0 Å². The van der Waals surface area contributed by atoms with Crippen LogP contribution in [-0.2, 0) is 11.3 Å². The van der Waals surface area contributed by atoms with Crippen LogP contribution in [-0.4, -0.2) is 22.0 Å². The predicted octanol–water partition coefficient (Wildman–Crippen LogP) is 2.27. The third-order valence-corrected chi connectivity index (χ3v) is 3.75. The highest BCUT2D eigenvalue weighted by Crippen LogP contribution is 2.40. The Morgan fingerprint density at radius 2 is 2.24 bits per heavy atom. The van der Waals surface area contributed by atoms with Gasteiger partial charge in [0.25, 0.3) is 0 Å². The minimum Gasteiger partial charge on any atom is -0.399 e. The maximum absolute atomic E-state index is 12.1. The number of carbonyl (C=O) groups excluding carboxylic acids is 1. The van der Waals surface area contributed by atoms with Gasteiger partial charge in [-0.05, 0) is 37.0 Å². The molecule has 1 aliphatic rings. The Hall–Kier alpha value is -2.04. The van der Waals surface area contributed by atoms with Crippen LogP contribution in [0.3, 0.4) is 0 Å². The number of anilines is 1. The molecule has 1 saturated carbocycles. The molecule has 3 rings (SSSR count). The van der Waals surface area contributed by atoms with Crippen LogP contribution in [0.15, 0.2) is 18.2 Å². The number of nitrogens with one attached hydrogen (secondary N) is 1. The van der Waals surface area contributed by atoms with Crippen molar-refractivity contribution in [3.8, 4) is 0 Å². The lowest BCUT2D eigenvalue weighted by molar-refractivity contribution is -0.121. The van der Waals surface area contributed by atoms with Crippen molar-refractivity contribution < 1.29 is 4.79 Å². The van der Waals surface area contributed by atoms with Crippen molar-refractivity contribution >= 4 is 22.6 Å². The monoisotopic (exact) mass is 286 g/mol. The molecule has 1 aromatic heterocycles. The van der Waals surface area contributed by atoms with Gasteiger partial charge >= 0.3 is 0 Å². The predicted molar refractivity (Wildman–Crippen MR) is 84.0 cm³/mol. The van der Waals surface area contributed by atoms with E-state index < -0.39 is 0 Å². The minimum atomic E-state index is 0.0433. The molecule has 5 nitrogen and oxygen atoms in total. The minimum absolute atomic E-state index is 0.0433. The van der Waals surface area contributed by atoms with E-state index in [4.69, 9.17) is 5.73 Å². The van der Waals surface area contributed by atoms with Crippen LogP contribution in [0.4, 0.5) is 5.69 Å². The first kappa shape index (κ1) is 13.9. The third kappa shape index (κ3) is 3.01. The summed E-state index contributed by atoms with van der Waals surface area (Å²) >= 11 is 0. The lowest BCUT2D eigenvalue weighted by Gasteiger charge is -2.11. The fraction of sp³-hybridized carbons (Fsp3) is 0.500. The summed E-state index contributed by atoms with van der Waals surface area (Å²) in [5.41, 5.74) is 8.41. The normalized spacial score (nSPS) is 14.8. The van der Waals surface area contributed by atoms with Gasteiger partial charge in [-0.2, -0.15) is 0 Å². The molecule has 112 valence electrons. The number of benzene rings is 1. The highest BCUT2D eigenvalue weighted by molar-refractivity contribution is 5.83. The molecule has 0 atom stereocenters. The molecule has 1 amide bonds. The Bertz CT molecular complexity index is 670. The number of hydrogen-bond donors (Lipinski definition) is 2. The van der Waals surface area contributed by atoms with Crippen molar-refractivity contribution in [2.75, 3.05) is 12.3 Å². The molecule has 0 spiro atoms. The topological polar surface area (TPSA) is 72.9 Å². The van der Waals surface area contributed by atoms with Crippen LogP contribution >= 0.6 is 0 Å². The number of hydrogen-bond acceptors (Lipinski definition) is 3. The van der Waals surface area contributed by atoms with E-state index in [1.807, 2.05) is 22.8 Å². The van der Waals surface area contributed by atoms with E-state index in [0.717, 1.165) is 29.7 Å². The van der Waals surface area contributed by atoms with Crippen LogP contribution < -0.4 is 11.1 Å². The average molecular weight is 286 g/mol. The van der Waals surface area contributed by atoms with E-state index in [1.165, 1.54) is 0 Å². The van der Waals surface area contributed by atoms with E-state index in [2.05, 4.69) is 24.1 Å². The Kier molecular flexibility index (Phi) is 3.57. The summed E-state index contributed by atoms with van der Waals surface area (Å²) in [4.78, 5) is 16.8. The number of nitrogens with zero attached hydrogens (tertiary/aromatic N) is 2. The van der Waals surface area contributed by atoms with Crippen LogP contribution in [0.1, 0.15) is 38.4 Å². The highest BCUT2D eigenvalue weighted by Gasteiger charge is 2.30. The third-order valence-electron chi connectivity index (χ3n) is 3.75. The molecule has 1 aliphatic carbocycles. The summed E-state index contributed by atoms with van der Waals surface area (Å²) in [6.45, 7) is 5.22. The first-order valence-electron chi connectivity index (χ1n) is 7.57. The maximum Gasteiger partial charge on any atom is 0.240 e. The van der Waals surface area contributed by atoms with E-state index in [1.54, 1.807) is 0 Å². The zero-order valence-corrected chi connectivity index (χ0v) is 12.6. The van der Waals surface area contributed by atoms with Crippen molar-refractivity contribution in [2.45, 2.75) is 39.2 Å². The average Bonchev–Trinajstić information content (AvgIpc) is 3.21. The smallest absolute Gasteiger partial charge is 0.240 e. The second-order valence-electron chi connectivity index (χ2n) is 6.28. The number of nitrogen functional groups attached to an aromatic ring is 1. The summed E-state index contributed by atoms with van der Waals surface area (Å²) in [6.07, 6.45) is 2.32. The molecule has 0 saturated heterocycles. The van der Waals surface area contributed by atoms with Crippen molar-refractivity contribution in [2.24, 2.45) is 5.92 Å². The SMILES string of the molecule is CC(C)CNC(=O)Cn1c(C2CC2)nc2cc(N)ccc21. The molecule has 21 heavy (non-hydrogen) atoms. The molecule has 0 aliphatic heterocycles. The summed E-state index contributed by atoms with van der Waals surface area (Å²) in [5, 5.41) is 2.97. The zero-order chi connectivity index (χ0) is 15.0. The largest absolute Gasteiger partial charge is 0.399 e. The van der Waals surface area contributed by atoms with Gasteiger partial charge in [0, 0.05) is 18.2 Å². The molecule has 1 heterocycles. The van der Waals surface area contributed by atoms with Crippen LogP contribution in [0.25, 0.3) is 11.0 Å². The van der Waals surface area contributed by atoms with Gasteiger partial charge in [0.15, 0.2) is 0 Å². The zero-order valence-electron chi connectivity index (χ0n) is 12.6. The molecular weight excluding hydrogens is 264 g/mol. The Labute approximate surface area is 124 Å². The molecule has 5 heteroatoms. The summed E-state index contributed by atoms with van der Waals surface area (Å²) in [7, 11) is 0. The molecule has 3 N–H and O–H groups in total. The molecular formula is C16H22N4O. The van der Waals surface area contributed by atoms with E-state index in [0.29, 0.717) is 30.6 Å². The van der Waals surface area contributed by atoms with Gasteiger partial charge in [-0.1, -0.05) is 13.8 Å². The summed E-state index contributed by atoms with van der Waals surface area (Å²) in [5.74, 6) is 2.02. The van der Waals surface area contributed by atoms with Crippen molar-refractivity contribution in [1.29, 1.82) is 0 Å². The number of aromatic nitrogens is 2. The second-order valence-corrected chi connectivity index (χ2v) is 6.28. The van der Waals surface area contributed by atoms with Gasteiger partial charge in [0.1, 0.15) is 12.4 Å². The number of carbonyl (C=O) groups is 1. The highest BCUT2D eigenvalue weighted by atomic mass is 16.1. The molecule has 2 aromatic rings. The lowest BCUT2D eigenvalue weighted by Crippen LogP contribution is -2.31. The van der Waals surface area contributed by atoms with Crippen LogP contribution in [0, 0.1) is 5.92 Å². The number of imidazole rings is 1. The van der Waals surface area contributed by atoms with Crippen LogP contribution in [0.2, 0.25) is 0 Å². The quantitative estimate of drug-likeness (QED) is 0.828. The Balaban J connectivity index is 1.88. The standard InChI is InChI=1S/C16H22N4O/c1-10(2)8-18-15(21)9-20-14-6-5-12(17)7-13(14)19-16(20)11-3-4-11/h5-7,10-11H,3-4,8-9,17H2,1-2H3,(H,18,21). The van der Waals surface area contributed by atoms with E-state index in [9.17, 15) is 4.79 Å². The molecule has 0 unspecified atom stereocenters. The fourth-order valence-electron chi connectivity index (χ4n) is 2.50. The number of fused-ring (bicyclic) bond motifs is 1. The molecule has 1 fully saturated rings. The number of amides is 1. The summed E-state index contributed by atoms with van der Waals surface area (Å²) < 4.78 is 2.04. The van der Waals surface area contributed by atoms with Crippen molar-refractivity contribution in [1.82, 2.24) is 14.9 Å². The second kappa shape index (κ2) is 5.39. The van der Waals surface area contributed by atoms with Crippen molar-refractivity contribution in [3.05, 3.63) is 24.0 Å². The van der Waals surface area contributed by atoms with Gasteiger partial charge in [-0.3, -0.25) is 4.79 Å². The number of rotatable bonds is 5. The van der Waals surface area contributed by atoms with Crippen LogP contribution in [0.5, 0.6) is 0 Å². The Morgan fingerprint density at radius 3 is 2.90 bits per heavy atom. The first-order chi connectivity index (χ1) is 10.0. The van der Waals surface area contributed by atoms with Gasteiger partial charge in [0.05, 0.1) is 11.0 Å². The molecule has 1 aromatic carbocycles. The van der Waals surface area contributed by atoms with Crippen molar-refractivity contribution in [3.63, 3.8) is 0 Å². The lowest BCUT2D eigenvalue weighted by atomic mass is 10.2. The number of nitrogens with two attached hydrogens (primary N) is 1. The molecule has 0 bridgehead atoms. The van der Waals surface area contributed by atoms with Gasteiger partial charge in [-0.15, -0.1) is 0 Å². The maximum atomic E-state index is 12.1. The summed E-state index contributed by atoms with van der Waals surface area (Å²) in [6, 6.07) is 5.70. The first-order valence-corrected chi connectivity index (χ1v) is 7.57.